The molecule has 0 aliphatic carbocycles. The molecule has 0 atom stereocenters. The summed E-state index contributed by atoms with van der Waals surface area (Å²) in [6, 6.07) is 15.5. The Kier molecular flexibility index (Phi) is 5.21. The number of para-hydroxylation sites is 2. The fraction of sp³-hybridized carbons (Fsp3) is 0.150. The molecule has 3 rings (SSSR count). The molecule has 0 saturated heterocycles. The number of aromatic nitrogens is 2. The predicted octanol–water partition coefficient (Wildman–Crippen LogP) is 2.99. The molecular weight excluding hydrogens is 346 g/mol. The van der Waals surface area contributed by atoms with Gasteiger partial charge in [0.05, 0.1) is 22.8 Å². The molecule has 2 N–H and O–H groups in total. The second kappa shape index (κ2) is 7.74. The zero-order valence-corrected chi connectivity index (χ0v) is 15.0. The van der Waals surface area contributed by atoms with Crippen molar-refractivity contribution in [3.05, 3.63) is 71.5 Å². The number of nitrogens with one attached hydrogen (secondary N) is 1. The fourth-order valence-electron chi connectivity index (χ4n) is 2.67. The smallest absolute Gasteiger partial charge is 0.342 e. The van der Waals surface area contributed by atoms with Gasteiger partial charge in [0.2, 0.25) is 0 Å². The Hall–Kier alpha value is -3.61. The van der Waals surface area contributed by atoms with Crippen LogP contribution in [0.25, 0.3) is 5.69 Å². The second-order valence-electron chi connectivity index (χ2n) is 5.93. The number of amides is 1. The average molecular weight is 365 g/mol. The van der Waals surface area contributed by atoms with E-state index in [2.05, 4.69) is 10.4 Å². The minimum absolute atomic E-state index is 0.00885. The van der Waals surface area contributed by atoms with E-state index in [1.54, 1.807) is 23.7 Å². The highest BCUT2D eigenvalue weighted by atomic mass is 16.5. The summed E-state index contributed by atoms with van der Waals surface area (Å²) >= 11 is 0. The van der Waals surface area contributed by atoms with E-state index in [0.717, 1.165) is 11.4 Å². The predicted molar refractivity (Wildman–Crippen MR) is 100 cm³/mol. The minimum atomic E-state index is -0.767. The molecule has 7 heteroatoms. The summed E-state index contributed by atoms with van der Waals surface area (Å²) in [7, 11) is 0. The molecule has 0 fully saturated rings. The second-order valence-corrected chi connectivity index (χ2v) is 5.93. The third kappa shape index (κ3) is 3.98. The number of nitrogens with zero attached hydrogens (tertiary/aromatic N) is 2. The van der Waals surface area contributed by atoms with E-state index in [4.69, 9.17) is 4.74 Å². The van der Waals surface area contributed by atoms with Gasteiger partial charge in [-0.1, -0.05) is 30.3 Å². The maximum atomic E-state index is 12.2. The van der Waals surface area contributed by atoms with E-state index in [1.807, 2.05) is 37.3 Å². The lowest BCUT2D eigenvalue weighted by Crippen LogP contribution is -2.21. The number of anilines is 1. The Balaban J connectivity index is 1.67. The Morgan fingerprint density at radius 2 is 1.74 bits per heavy atom. The summed E-state index contributed by atoms with van der Waals surface area (Å²) in [6.07, 6.45) is 0. The van der Waals surface area contributed by atoms with Crippen LogP contribution in [0.3, 0.4) is 0 Å². The SMILES string of the molecule is Cc1nn(-c2ccccc2)c(C)c1NC(=O)COC(=O)c1ccccc1O. The molecule has 0 radical (unpaired) electrons. The number of phenols is 1. The van der Waals surface area contributed by atoms with Crippen molar-refractivity contribution < 1.29 is 19.4 Å². The van der Waals surface area contributed by atoms with Crippen LogP contribution in [0.5, 0.6) is 5.75 Å². The first-order valence-electron chi connectivity index (χ1n) is 8.34. The minimum Gasteiger partial charge on any atom is -0.507 e. The number of rotatable bonds is 5. The number of aromatic hydroxyl groups is 1. The molecule has 0 aliphatic heterocycles. The summed E-state index contributed by atoms with van der Waals surface area (Å²) in [6.45, 7) is 3.16. The maximum Gasteiger partial charge on any atom is 0.342 e. The number of carbonyl (C=O) groups excluding carboxylic acids is 2. The van der Waals surface area contributed by atoms with Gasteiger partial charge in [0.1, 0.15) is 11.3 Å². The molecule has 2 aromatic carbocycles. The molecule has 0 saturated carbocycles. The Labute approximate surface area is 156 Å². The van der Waals surface area contributed by atoms with Crippen LogP contribution in [0.2, 0.25) is 0 Å². The third-order valence-electron chi connectivity index (χ3n) is 4.01. The average Bonchev–Trinajstić information content (AvgIpc) is 2.95. The number of hydrogen-bond acceptors (Lipinski definition) is 5. The number of benzene rings is 2. The molecule has 7 nitrogen and oxygen atoms in total. The van der Waals surface area contributed by atoms with Crippen molar-refractivity contribution in [1.29, 1.82) is 0 Å². The standard InChI is InChI=1S/C20H19N3O4/c1-13-19(14(2)23(22-13)15-8-4-3-5-9-15)21-18(25)12-27-20(26)16-10-6-7-11-17(16)24/h3-11,24H,12H2,1-2H3,(H,21,25). The number of phenolic OH excluding ortho intramolecular Hbond substituents is 1. The molecule has 138 valence electrons. The Morgan fingerprint density at radius 3 is 2.44 bits per heavy atom. The van der Waals surface area contributed by atoms with Gasteiger partial charge >= 0.3 is 5.97 Å². The Bertz CT molecular complexity index is 980. The van der Waals surface area contributed by atoms with Crippen molar-refractivity contribution in [1.82, 2.24) is 9.78 Å². The molecule has 1 amide bonds. The topological polar surface area (TPSA) is 93.5 Å². The van der Waals surface area contributed by atoms with Gasteiger partial charge < -0.3 is 15.2 Å². The summed E-state index contributed by atoms with van der Waals surface area (Å²) in [5.74, 6) is -1.45. The molecule has 0 aliphatic rings. The fourth-order valence-corrected chi connectivity index (χ4v) is 2.67. The summed E-state index contributed by atoms with van der Waals surface area (Å²) in [5, 5.41) is 16.8. The van der Waals surface area contributed by atoms with Crippen LogP contribution in [-0.2, 0) is 9.53 Å². The van der Waals surface area contributed by atoms with Gasteiger partial charge in [-0.05, 0) is 38.1 Å². The third-order valence-corrected chi connectivity index (χ3v) is 4.01. The van der Waals surface area contributed by atoms with Crippen LogP contribution in [-0.4, -0.2) is 33.4 Å². The van der Waals surface area contributed by atoms with E-state index in [-0.39, 0.29) is 11.3 Å². The van der Waals surface area contributed by atoms with Crippen molar-refractivity contribution in [2.75, 3.05) is 11.9 Å². The van der Waals surface area contributed by atoms with Crippen LogP contribution >= 0.6 is 0 Å². The van der Waals surface area contributed by atoms with E-state index in [0.29, 0.717) is 11.4 Å². The van der Waals surface area contributed by atoms with Gasteiger partial charge in [0.25, 0.3) is 5.91 Å². The molecule has 0 bridgehead atoms. The Morgan fingerprint density at radius 1 is 1.07 bits per heavy atom. The first-order valence-corrected chi connectivity index (χ1v) is 8.34. The first kappa shape index (κ1) is 18.2. The largest absolute Gasteiger partial charge is 0.507 e. The van der Waals surface area contributed by atoms with E-state index in [1.165, 1.54) is 12.1 Å². The van der Waals surface area contributed by atoms with E-state index in [9.17, 15) is 14.7 Å². The lowest BCUT2D eigenvalue weighted by atomic mass is 10.2. The molecule has 27 heavy (non-hydrogen) atoms. The monoisotopic (exact) mass is 365 g/mol. The zero-order chi connectivity index (χ0) is 19.4. The van der Waals surface area contributed by atoms with Crippen LogP contribution in [0.4, 0.5) is 5.69 Å². The summed E-state index contributed by atoms with van der Waals surface area (Å²) in [4.78, 5) is 24.2. The number of esters is 1. The quantitative estimate of drug-likeness (QED) is 0.678. The van der Waals surface area contributed by atoms with Gasteiger partial charge in [-0.3, -0.25) is 4.79 Å². The van der Waals surface area contributed by atoms with Gasteiger partial charge in [0.15, 0.2) is 6.61 Å². The highest BCUT2D eigenvalue weighted by Crippen LogP contribution is 2.23. The van der Waals surface area contributed by atoms with Crippen molar-refractivity contribution in [2.24, 2.45) is 0 Å². The molecule has 0 unspecified atom stereocenters. The van der Waals surface area contributed by atoms with Gasteiger partial charge in [0, 0.05) is 0 Å². The lowest BCUT2D eigenvalue weighted by molar-refractivity contribution is -0.119. The first-order chi connectivity index (χ1) is 13.0. The van der Waals surface area contributed by atoms with Crippen LogP contribution < -0.4 is 5.32 Å². The van der Waals surface area contributed by atoms with Crippen molar-refractivity contribution in [3.63, 3.8) is 0 Å². The lowest BCUT2D eigenvalue weighted by Gasteiger charge is -2.08. The van der Waals surface area contributed by atoms with Crippen molar-refractivity contribution in [2.45, 2.75) is 13.8 Å². The molecule has 1 aromatic heterocycles. The molecule has 3 aromatic rings. The van der Waals surface area contributed by atoms with Gasteiger partial charge in [-0.2, -0.15) is 5.10 Å². The molecule has 1 heterocycles. The molecule has 0 spiro atoms. The van der Waals surface area contributed by atoms with E-state index >= 15 is 0 Å². The normalized spacial score (nSPS) is 10.4. The number of aryl methyl sites for hydroxylation is 1. The number of hydrogen-bond donors (Lipinski definition) is 2. The highest BCUT2D eigenvalue weighted by molar-refractivity contribution is 5.97. The zero-order valence-electron chi connectivity index (χ0n) is 15.0. The summed E-state index contributed by atoms with van der Waals surface area (Å²) < 4.78 is 6.71. The maximum absolute atomic E-state index is 12.2. The summed E-state index contributed by atoms with van der Waals surface area (Å²) in [5.41, 5.74) is 2.87. The van der Waals surface area contributed by atoms with Gasteiger partial charge in [-0.25, -0.2) is 9.48 Å². The number of carbonyl (C=O) groups is 2. The van der Waals surface area contributed by atoms with Crippen LogP contribution in [0.15, 0.2) is 54.6 Å². The van der Waals surface area contributed by atoms with Crippen molar-refractivity contribution >= 4 is 17.6 Å². The number of ether oxygens (including phenoxy) is 1. The molecular formula is C20H19N3O4. The highest BCUT2D eigenvalue weighted by Gasteiger charge is 2.17. The van der Waals surface area contributed by atoms with Gasteiger partial charge in [-0.15, -0.1) is 0 Å². The van der Waals surface area contributed by atoms with Crippen LogP contribution in [0, 0.1) is 13.8 Å². The van der Waals surface area contributed by atoms with E-state index < -0.39 is 18.5 Å². The van der Waals surface area contributed by atoms with Crippen LogP contribution in [0.1, 0.15) is 21.7 Å². The van der Waals surface area contributed by atoms with Crippen molar-refractivity contribution in [3.8, 4) is 11.4 Å².